The Morgan fingerprint density at radius 1 is 1.32 bits per heavy atom. The first-order valence-corrected chi connectivity index (χ1v) is 6.91. The quantitative estimate of drug-likeness (QED) is 0.785. The molecule has 0 aliphatic carbocycles. The number of carbonyl (C=O) groups is 1. The van der Waals surface area contributed by atoms with Crippen LogP contribution in [-0.4, -0.2) is 26.1 Å². The Hall–Kier alpha value is -1.28. The highest BCUT2D eigenvalue weighted by molar-refractivity contribution is 7.87. The van der Waals surface area contributed by atoms with Crippen molar-refractivity contribution in [1.29, 1.82) is 0 Å². The fourth-order valence-electron chi connectivity index (χ4n) is 1.87. The van der Waals surface area contributed by atoms with Crippen LogP contribution in [0.1, 0.15) is 6.42 Å². The Morgan fingerprint density at radius 2 is 1.95 bits per heavy atom. The van der Waals surface area contributed by atoms with Gasteiger partial charge in [0.15, 0.2) is 5.82 Å². The van der Waals surface area contributed by atoms with Gasteiger partial charge in [0, 0.05) is 19.0 Å². The lowest BCUT2D eigenvalue weighted by molar-refractivity contribution is -0.117. The molecule has 1 saturated heterocycles. The van der Waals surface area contributed by atoms with E-state index < -0.39 is 51.7 Å². The van der Waals surface area contributed by atoms with Crippen LogP contribution in [0.3, 0.4) is 0 Å². The maximum absolute atomic E-state index is 13.6. The van der Waals surface area contributed by atoms with Crippen molar-refractivity contribution in [2.75, 3.05) is 11.4 Å². The zero-order chi connectivity index (χ0) is 14.4. The van der Waals surface area contributed by atoms with Crippen molar-refractivity contribution in [3.05, 3.63) is 28.8 Å². The SMILES string of the molecule is O=C1CC(S(=O)(=O)F)CN1c1c(F)cc(F)cc1Cl. The third-order valence-corrected chi connectivity index (χ3v) is 4.14. The van der Waals surface area contributed by atoms with E-state index in [1.165, 1.54) is 0 Å². The van der Waals surface area contributed by atoms with E-state index in [1.54, 1.807) is 0 Å². The number of anilines is 1. The minimum absolute atomic E-state index is 0.386. The van der Waals surface area contributed by atoms with Crippen LogP contribution in [0.5, 0.6) is 0 Å². The highest BCUT2D eigenvalue weighted by Gasteiger charge is 2.40. The Bertz CT molecular complexity index is 626. The molecule has 0 saturated carbocycles. The van der Waals surface area contributed by atoms with E-state index in [1.807, 2.05) is 0 Å². The van der Waals surface area contributed by atoms with Gasteiger partial charge in [0.2, 0.25) is 5.91 Å². The molecule has 104 valence electrons. The largest absolute Gasteiger partial charge is 0.307 e. The molecule has 1 aliphatic rings. The van der Waals surface area contributed by atoms with E-state index in [2.05, 4.69) is 0 Å². The molecule has 2 rings (SSSR count). The van der Waals surface area contributed by atoms with Crippen molar-refractivity contribution < 1.29 is 25.9 Å². The van der Waals surface area contributed by atoms with Crippen LogP contribution < -0.4 is 4.90 Å². The molecule has 4 nitrogen and oxygen atoms in total. The monoisotopic (exact) mass is 313 g/mol. The van der Waals surface area contributed by atoms with Crippen molar-refractivity contribution in [2.45, 2.75) is 11.7 Å². The molecule has 0 radical (unpaired) electrons. The Morgan fingerprint density at radius 3 is 2.42 bits per heavy atom. The Labute approximate surface area is 112 Å². The second kappa shape index (κ2) is 4.68. The van der Waals surface area contributed by atoms with Gasteiger partial charge in [-0.25, -0.2) is 8.78 Å². The van der Waals surface area contributed by atoms with Crippen molar-refractivity contribution in [2.24, 2.45) is 0 Å². The van der Waals surface area contributed by atoms with Crippen LogP contribution in [0, 0.1) is 11.6 Å². The molecule has 1 aliphatic heterocycles. The molecule has 1 unspecified atom stereocenters. The second-order valence-electron chi connectivity index (χ2n) is 4.02. The number of hydrogen-bond donors (Lipinski definition) is 0. The lowest BCUT2D eigenvalue weighted by atomic mass is 10.2. The molecular weight excluding hydrogens is 307 g/mol. The average Bonchev–Trinajstić information content (AvgIpc) is 2.59. The molecular formula is C10H7ClF3NO3S. The van der Waals surface area contributed by atoms with Crippen LogP contribution >= 0.6 is 11.6 Å². The van der Waals surface area contributed by atoms with E-state index in [-0.39, 0.29) is 5.02 Å². The van der Waals surface area contributed by atoms with Crippen molar-refractivity contribution in [3.63, 3.8) is 0 Å². The molecule has 9 heteroatoms. The summed E-state index contributed by atoms with van der Waals surface area (Å²) in [4.78, 5) is 12.3. The highest BCUT2D eigenvalue weighted by Crippen LogP contribution is 2.34. The van der Waals surface area contributed by atoms with E-state index in [0.717, 1.165) is 6.07 Å². The summed E-state index contributed by atoms with van der Waals surface area (Å²) in [5, 5.41) is -1.96. The highest BCUT2D eigenvalue weighted by atomic mass is 35.5. The number of benzene rings is 1. The number of rotatable bonds is 2. The Balaban J connectivity index is 2.42. The van der Waals surface area contributed by atoms with Gasteiger partial charge in [0.05, 0.1) is 10.7 Å². The first-order chi connectivity index (χ1) is 8.70. The molecule has 0 spiro atoms. The molecule has 1 atom stereocenters. The second-order valence-corrected chi connectivity index (χ2v) is 6.05. The maximum Gasteiger partial charge on any atom is 0.307 e. The smallest absolute Gasteiger partial charge is 0.307 e. The number of hydrogen-bond acceptors (Lipinski definition) is 3. The minimum Gasteiger partial charge on any atom is -0.307 e. The van der Waals surface area contributed by atoms with Gasteiger partial charge < -0.3 is 4.90 Å². The molecule has 1 amide bonds. The van der Waals surface area contributed by atoms with E-state index in [0.29, 0.717) is 11.0 Å². The average molecular weight is 314 g/mol. The van der Waals surface area contributed by atoms with Gasteiger partial charge in [-0.05, 0) is 6.07 Å². The van der Waals surface area contributed by atoms with Gasteiger partial charge in [-0.15, -0.1) is 3.89 Å². The molecule has 1 fully saturated rings. The maximum atomic E-state index is 13.6. The number of halogens is 4. The van der Waals surface area contributed by atoms with Crippen LogP contribution in [0.2, 0.25) is 5.02 Å². The van der Waals surface area contributed by atoms with E-state index >= 15 is 0 Å². The zero-order valence-electron chi connectivity index (χ0n) is 9.24. The van der Waals surface area contributed by atoms with E-state index in [9.17, 15) is 25.9 Å². The van der Waals surface area contributed by atoms with E-state index in [4.69, 9.17) is 11.6 Å². The summed E-state index contributed by atoms with van der Waals surface area (Å²) in [7, 11) is -4.91. The predicted molar refractivity (Wildman–Crippen MR) is 62.2 cm³/mol. The summed E-state index contributed by atoms with van der Waals surface area (Å²) >= 11 is 5.63. The third-order valence-electron chi connectivity index (χ3n) is 2.74. The minimum atomic E-state index is -4.91. The third kappa shape index (κ3) is 2.69. The normalized spacial score (nSPS) is 20.1. The van der Waals surface area contributed by atoms with Gasteiger partial charge in [-0.2, -0.15) is 8.42 Å². The number of carbonyl (C=O) groups excluding carboxylic acids is 1. The van der Waals surface area contributed by atoms with Gasteiger partial charge in [-0.1, -0.05) is 11.6 Å². The Kier molecular flexibility index (Phi) is 3.48. The van der Waals surface area contributed by atoms with Crippen molar-refractivity contribution in [3.8, 4) is 0 Å². The van der Waals surface area contributed by atoms with Crippen molar-refractivity contribution >= 4 is 33.4 Å². The number of nitrogens with zero attached hydrogens (tertiary/aromatic N) is 1. The van der Waals surface area contributed by atoms with Gasteiger partial charge in [-0.3, -0.25) is 4.79 Å². The summed E-state index contributed by atoms with van der Waals surface area (Å²) in [5.74, 6) is -2.85. The molecule has 19 heavy (non-hydrogen) atoms. The summed E-state index contributed by atoms with van der Waals surface area (Å²) in [6.07, 6.45) is -0.605. The van der Waals surface area contributed by atoms with Crippen molar-refractivity contribution in [1.82, 2.24) is 0 Å². The fourth-order valence-corrected chi connectivity index (χ4v) is 2.84. The summed E-state index contributed by atoms with van der Waals surface area (Å²) in [6.45, 7) is -0.556. The molecule has 0 aromatic heterocycles. The number of amides is 1. The van der Waals surface area contributed by atoms with Crippen LogP contribution in [-0.2, 0) is 15.0 Å². The molecule has 0 N–H and O–H groups in total. The first kappa shape index (κ1) is 14.1. The van der Waals surface area contributed by atoms with Crippen LogP contribution in [0.25, 0.3) is 0 Å². The van der Waals surface area contributed by atoms with Gasteiger partial charge in [0.1, 0.15) is 11.1 Å². The summed E-state index contributed by atoms with van der Waals surface area (Å²) in [5.41, 5.74) is -0.445. The fraction of sp³-hybridized carbons (Fsp3) is 0.300. The molecule has 1 aromatic rings. The summed E-state index contributed by atoms with van der Waals surface area (Å²) in [6, 6.07) is 1.29. The van der Waals surface area contributed by atoms with Gasteiger partial charge in [0.25, 0.3) is 0 Å². The van der Waals surface area contributed by atoms with Crippen LogP contribution in [0.4, 0.5) is 18.4 Å². The zero-order valence-corrected chi connectivity index (χ0v) is 10.8. The molecule has 1 heterocycles. The lowest BCUT2D eigenvalue weighted by Crippen LogP contribution is -2.28. The van der Waals surface area contributed by atoms with Crippen LogP contribution in [0.15, 0.2) is 12.1 Å². The topological polar surface area (TPSA) is 54.5 Å². The standard InChI is InChI=1S/C10H7ClF3NO3S/c11-7-1-5(12)2-8(13)10(7)15-4-6(3-9(15)16)19(14,17)18/h1-2,6H,3-4H2. The first-order valence-electron chi connectivity index (χ1n) is 5.08. The molecule has 1 aromatic carbocycles. The predicted octanol–water partition coefficient (Wildman–Crippen LogP) is 2.02. The van der Waals surface area contributed by atoms with Gasteiger partial charge >= 0.3 is 10.2 Å². The lowest BCUT2D eigenvalue weighted by Gasteiger charge is -2.18. The summed E-state index contributed by atoms with van der Waals surface area (Å²) < 4.78 is 60.8. The molecule has 0 bridgehead atoms.